The number of aliphatic hydroxyl groups is 1. The Morgan fingerprint density at radius 1 is 1.28 bits per heavy atom. The average Bonchev–Trinajstić information content (AvgIpc) is 2.39. The molecule has 1 aromatic rings. The van der Waals surface area contributed by atoms with E-state index >= 15 is 0 Å². The van der Waals surface area contributed by atoms with Crippen LogP contribution in [0.2, 0.25) is 0 Å². The number of carbonyl (C=O) groups excluding carboxylic acids is 1. The summed E-state index contributed by atoms with van der Waals surface area (Å²) in [7, 11) is 0. The van der Waals surface area contributed by atoms with Crippen LogP contribution in [0.5, 0.6) is 0 Å². The Morgan fingerprint density at radius 2 is 2.00 bits per heavy atom. The van der Waals surface area contributed by atoms with Gasteiger partial charge in [0.2, 0.25) is 5.91 Å². The van der Waals surface area contributed by atoms with Gasteiger partial charge in [-0.3, -0.25) is 4.79 Å². The van der Waals surface area contributed by atoms with Gasteiger partial charge in [-0.2, -0.15) is 0 Å². The lowest BCUT2D eigenvalue weighted by molar-refractivity contribution is -0.122. The van der Waals surface area contributed by atoms with Gasteiger partial charge in [-0.25, -0.2) is 0 Å². The summed E-state index contributed by atoms with van der Waals surface area (Å²) in [6.07, 6.45) is 2.78. The van der Waals surface area contributed by atoms with E-state index in [1.807, 2.05) is 30.3 Å². The molecule has 4 nitrogen and oxygen atoms in total. The van der Waals surface area contributed by atoms with Gasteiger partial charge in [-0.15, -0.1) is 0 Å². The van der Waals surface area contributed by atoms with Crippen LogP contribution in [0.3, 0.4) is 0 Å². The number of amides is 1. The Morgan fingerprint density at radius 3 is 2.61 bits per heavy atom. The molecule has 18 heavy (non-hydrogen) atoms. The van der Waals surface area contributed by atoms with Gasteiger partial charge in [0.1, 0.15) is 0 Å². The number of rotatable bonds is 8. The molecule has 0 aliphatic rings. The number of hydrogen-bond acceptors (Lipinski definition) is 3. The number of carbonyl (C=O) groups is 1. The molecule has 4 N–H and O–H groups in total. The lowest BCUT2D eigenvalue weighted by Crippen LogP contribution is -2.39. The van der Waals surface area contributed by atoms with E-state index in [-0.39, 0.29) is 18.6 Å². The molecule has 0 radical (unpaired) electrons. The first kappa shape index (κ1) is 14.7. The van der Waals surface area contributed by atoms with Crippen LogP contribution in [0, 0.1) is 0 Å². The molecule has 0 aromatic heterocycles. The van der Waals surface area contributed by atoms with Crippen molar-refractivity contribution in [2.24, 2.45) is 5.73 Å². The van der Waals surface area contributed by atoms with E-state index in [0.717, 1.165) is 18.4 Å². The molecule has 0 saturated carbocycles. The number of aliphatic hydroxyl groups excluding tert-OH is 1. The van der Waals surface area contributed by atoms with Crippen molar-refractivity contribution >= 4 is 5.91 Å². The van der Waals surface area contributed by atoms with Gasteiger partial charge in [0, 0.05) is 6.42 Å². The number of hydrogen-bond donors (Lipinski definition) is 3. The van der Waals surface area contributed by atoms with Gasteiger partial charge in [0.15, 0.2) is 0 Å². The van der Waals surface area contributed by atoms with Gasteiger partial charge in [0.05, 0.1) is 12.6 Å². The van der Waals surface area contributed by atoms with Crippen molar-refractivity contribution in [3.05, 3.63) is 35.9 Å². The van der Waals surface area contributed by atoms with Gasteiger partial charge in [-0.1, -0.05) is 30.3 Å². The Bertz CT molecular complexity index is 341. The zero-order valence-electron chi connectivity index (χ0n) is 10.6. The molecule has 0 fully saturated rings. The fourth-order valence-electron chi connectivity index (χ4n) is 1.79. The zero-order valence-corrected chi connectivity index (χ0v) is 10.6. The van der Waals surface area contributed by atoms with Crippen LogP contribution in [-0.4, -0.2) is 30.2 Å². The minimum atomic E-state index is -0.210. The normalized spacial score (nSPS) is 12.1. The van der Waals surface area contributed by atoms with E-state index in [1.54, 1.807) is 0 Å². The first-order valence-electron chi connectivity index (χ1n) is 6.40. The molecule has 0 bridgehead atoms. The lowest BCUT2D eigenvalue weighted by atomic mass is 10.1. The summed E-state index contributed by atoms with van der Waals surface area (Å²) in [5.74, 6) is -0.0153. The SMILES string of the molecule is NCCCCC(=O)N[C@@H](CO)Cc1ccccc1. The maximum atomic E-state index is 11.6. The van der Waals surface area contributed by atoms with E-state index in [1.165, 1.54) is 0 Å². The highest BCUT2D eigenvalue weighted by atomic mass is 16.3. The zero-order chi connectivity index (χ0) is 13.2. The topological polar surface area (TPSA) is 75.4 Å². The van der Waals surface area contributed by atoms with Crippen LogP contribution in [-0.2, 0) is 11.2 Å². The highest BCUT2D eigenvalue weighted by Gasteiger charge is 2.11. The van der Waals surface area contributed by atoms with Gasteiger partial charge in [0.25, 0.3) is 0 Å². The molecule has 0 heterocycles. The van der Waals surface area contributed by atoms with Gasteiger partial charge >= 0.3 is 0 Å². The Hall–Kier alpha value is -1.39. The van der Waals surface area contributed by atoms with E-state index in [0.29, 0.717) is 19.4 Å². The third kappa shape index (κ3) is 5.80. The van der Waals surface area contributed by atoms with Crippen molar-refractivity contribution in [3.63, 3.8) is 0 Å². The van der Waals surface area contributed by atoms with Crippen LogP contribution in [0.4, 0.5) is 0 Å². The molecule has 0 spiro atoms. The minimum absolute atomic E-state index is 0.0153. The first-order valence-corrected chi connectivity index (χ1v) is 6.40. The summed E-state index contributed by atoms with van der Waals surface area (Å²) in [4.78, 5) is 11.6. The Balaban J connectivity index is 2.35. The predicted molar refractivity (Wildman–Crippen MR) is 72.1 cm³/mol. The fraction of sp³-hybridized carbons (Fsp3) is 0.500. The summed E-state index contributed by atoms with van der Waals surface area (Å²) in [5.41, 5.74) is 6.48. The van der Waals surface area contributed by atoms with Crippen molar-refractivity contribution in [1.29, 1.82) is 0 Å². The number of unbranched alkanes of at least 4 members (excludes halogenated alkanes) is 1. The molecule has 1 amide bonds. The van der Waals surface area contributed by atoms with Crippen molar-refractivity contribution < 1.29 is 9.90 Å². The maximum Gasteiger partial charge on any atom is 0.220 e. The minimum Gasteiger partial charge on any atom is -0.394 e. The third-order valence-corrected chi connectivity index (χ3v) is 2.77. The van der Waals surface area contributed by atoms with Crippen molar-refractivity contribution in [3.8, 4) is 0 Å². The predicted octanol–water partition coefficient (Wildman–Crippen LogP) is 0.835. The summed E-state index contributed by atoms with van der Waals surface area (Å²) < 4.78 is 0. The second kappa shape index (κ2) is 8.66. The quantitative estimate of drug-likeness (QED) is 0.598. The summed E-state index contributed by atoms with van der Waals surface area (Å²) in [6, 6.07) is 9.62. The second-order valence-corrected chi connectivity index (χ2v) is 4.38. The molecule has 0 unspecified atom stereocenters. The van der Waals surface area contributed by atoms with Crippen molar-refractivity contribution in [2.45, 2.75) is 31.7 Å². The fourth-order valence-corrected chi connectivity index (χ4v) is 1.79. The number of nitrogens with one attached hydrogen (secondary N) is 1. The number of nitrogens with two attached hydrogens (primary N) is 1. The Labute approximate surface area is 108 Å². The number of benzene rings is 1. The second-order valence-electron chi connectivity index (χ2n) is 4.38. The van der Waals surface area contributed by atoms with Crippen LogP contribution in [0.25, 0.3) is 0 Å². The summed E-state index contributed by atoms with van der Waals surface area (Å²) in [5, 5.41) is 12.1. The van der Waals surface area contributed by atoms with Crippen LogP contribution in [0.15, 0.2) is 30.3 Å². The van der Waals surface area contributed by atoms with E-state index in [4.69, 9.17) is 5.73 Å². The summed E-state index contributed by atoms with van der Waals surface area (Å²) >= 11 is 0. The highest BCUT2D eigenvalue weighted by molar-refractivity contribution is 5.76. The smallest absolute Gasteiger partial charge is 0.220 e. The average molecular weight is 250 g/mol. The molecule has 0 aliphatic carbocycles. The maximum absolute atomic E-state index is 11.6. The molecule has 4 heteroatoms. The van der Waals surface area contributed by atoms with Crippen molar-refractivity contribution in [1.82, 2.24) is 5.32 Å². The molecule has 0 aliphatic heterocycles. The highest BCUT2D eigenvalue weighted by Crippen LogP contribution is 2.03. The van der Waals surface area contributed by atoms with Gasteiger partial charge < -0.3 is 16.2 Å². The third-order valence-electron chi connectivity index (χ3n) is 2.77. The molecule has 1 atom stereocenters. The standard InChI is InChI=1S/C14H22N2O2/c15-9-5-4-8-14(18)16-13(11-17)10-12-6-2-1-3-7-12/h1-3,6-7,13,17H,4-5,8-11,15H2,(H,16,18)/t13-/m1/s1. The molecule has 100 valence electrons. The van der Waals surface area contributed by atoms with Gasteiger partial charge in [-0.05, 0) is 31.4 Å². The molecule has 1 rings (SSSR count). The summed E-state index contributed by atoms with van der Waals surface area (Å²) in [6.45, 7) is 0.568. The largest absolute Gasteiger partial charge is 0.394 e. The molecule has 1 aromatic carbocycles. The molecule has 0 saturated heterocycles. The van der Waals surface area contributed by atoms with Crippen LogP contribution in [0.1, 0.15) is 24.8 Å². The molecular formula is C14H22N2O2. The lowest BCUT2D eigenvalue weighted by Gasteiger charge is -2.16. The monoisotopic (exact) mass is 250 g/mol. The van der Waals surface area contributed by atoms with Crippen LogP contribution < -0.4 is 11.1 Å². The van der Waals surface area contributed by atoms with Crippen molar-refractivity contribution in [2.75, 3.05) is 13.2 Å². The molecular weight excluding hydrogens is 228 g/mol. The Kier molecular flexibility index (Phi) is 7.06. The van der Waals surface area contributed by atoms with Crippen LogP contribution >= 0.6 is 0 Å². The first-order chi connectivity index (χ1) is 8.76. The van der Waals surface area contributed by atoms with E-state index in [2.05, 4.69) is 5.32 Å². The van der Waals surface area contributed by atoms with E-state index < -0.39 is 0 Å². The van der Waals surface area contributed by atoms with E-state index in [9.17, 15) is 9.90 Å².